The van der Waals surface area contributed by atoms with Gasteiger partial charge in [0, 0.05) is 38.2 Å². The number of carbonyl (C=O) groups is 1. The lowest BCUT2D eigenvalue weighted by molar-refractivity contribution is -0.137. The minimum Gasteiger partial charge on any atom is -0.360 e. The van der Waals surface area contributed by atoms with Gasteiger partial charge in [-0.2, -0.15) is 4.31 Å². The van der Waals surface area contributed by atoms with E-state index in [1.165, 1.54) is 4.31 Å². The zero-order valence-corrected chi connectivity index (χ0v) is 16.1. The number of terminal acetylenes is 1. The van der Waals surface area contributed by atoms with Crippen molar-refractivity contribution in [1.82, 2.24) is 4.31 Å². The van der Waals surface area contributed by atoms with Gasteiger partial charge in [-0.25, -0.2) is 8.42 Å². The second kappa shape index (κ2) is 6.93. The number of nitrogens with zero attached hydrogens (tertiary/aromatic N) is 2. The number of benzene rings is 1. The molecule has 0 radical (unpaired) electrons. The Labute approximate surface area is 160 Å². The van der Waals surface area contributed by atoms with Crippen LogP contribution in [0.25, 0.3) is 0 Å². The second-order valence-electron chi connectivity index (χ2n) is 7.33. The first-order chi connectivity index (χ1) is 13.0. The standard InChI is InChI=1S/C20H24N2O4S/c1-2-3-4-13-22-18-9-8-16(27(24,25)21-11-5-6-12-21)15-17(18)20(19(22)23)10-7-14-26-20/h1,8-9,15H,3-7,10-14H2. The summed E-state index contributed by atoms with van der Waals surface area (Å²) >= 11 is 0. The fourth-order valence-corrected chi connectivity index (χ4v) is 5.88. The molecule has 0 aliphatic carbocycles. The van der Waals surface area contributed by atoms with E-state index in [9.17, 15) is 13.2 Å². The number of unbranched alkanes of at least 4 members (excludes halogenated alkanes) is 1. The number of hydrogen-bond donors (Lipinski definition) is 0. The minimum atomic E-state index is -3.54. The van der Waals surface area contributed by atoms with Crippen molar-refractivity contribution in [1.29, 1.82) is 0 Å². The first kappa shape index (κ1) is 18.5. The molecule has 144 valence electrons. The van der Waals surface area contributed by atoms with Crippen LogP contribution in [0.1, 0.15) is 44.1 Å². The van der Waals surface area contributed by atoms with Crippen LogP contribution in [0.2, 0.25) is 0 Å². The van der Waals surface area contributed by atoms with Gasteiger partial charge < -0.3 is 9.64 Å². The first-order valence-corrected chi connectivity index (χ1v) is 11.0. The molecule has 1 aromatic rings. The average molecular weight is 388 g/mol. The molecule has 7 heteroatoms. The summed E-state index contributed by atoms with van der Waals surface area (Å²) in [6.45, 7) is 2.13. The summed E-state index contributed by atoms with van der Waals surface area (Å²) in [4.78, 5) is 15.1. The molecule has 1 atom stereocenters. The molecule has 1 spiro atoms. The Hall–Kier alpha value is -1.88. The summed E-state index contributed by atoms with van der Waals surface area (Å²) in [6, 6.07) is 5.03. The molecular formula is C20H24N2O4S. The van der Waals surface area contributed by atoms with Gasteiger partial charge in [-0.15, -0.1) is 12.3 Å². The fraction of sp³-hybridized carbons (Fsp3) is 0.550. The predicted octanol–water partition coefficient (Wildman–Crippen LogP) is 2.24. The fourth-order valence-electron chi connectivity index (χ4n) is 4.34. The molecule has 3 heterocycles. The summed E-state index contributed by atoms with van der Waals surface area (Å²) in [5, 5.41) is 0. The largest absolute Gasteiger partial charge is 0.360 e. The number of hydrogen-bond acceptors (Lipinski definition) is 4. The maximum Gasteiger partial charge on any atom is 0.263 e. The van der Waals surface area contributed by atoms with Crippen LogP contribution in [0, 0.1) is 12.3 Å². The number of rotatable bonds is 5. The lowest BCUT2D eigenvalue weighted by atomic mass is 9.92. The molecule has 4 rings (SSSR count). The highest BCUT2D eigenvalue weighted by Gasteiger charge is 2.54. The van der Waals surface area contributed by atoms with Gasteiger partial charge in [0.05, 0.1) is 10.6 Å². The lowest BCUT2D eigenvalue weighted by Crippen LogP contribution is -2.40. The smallest absolute Gasteiger partial charge is 0.263 e. The van der Waals surface area contributed by atoms with Gasteiger partial charge in [-0.3, -0.25) is 4.79 Å². The monoisotopic (exact) mass is 388 g/mol. The summed E-state index contributed by atoms with van der Waals surface area (Å²) < 4.78 is 33.4. The van der Waals surface area contributed by atoms with Crippen LogP contribution >= 0.6 is 0 Å². The van der Waals surface area contributed by atoms with E-state index >= 15 is 0 Å². The summed E-state index contributed by atoms with van der Waals surface area (Å²) in [5.74, 6) is 2.50. The zero-order valence-electron chi connectivity index (χ0n) is 15.3. The SMILES string of the molecule is C#CCCCN1C(=O)C2(CCCO2)c2cc(S(=O)(=O)N3CCCC3)ccc21. The van der Waals surface area contributed by atoms with Crippen LogP contribution in [-0.2, 0) is 25.2 Å². The summed E-state index contributed by atoms with van der Waals surface area (Å²) in [5.41, 5.74) is 0.396. The summed E-state index contributed by atoms with van der Waals surface area (Å²) in [7, 11) is -3.54. The highest BCUT2D eigenvalue weighted by molar-refractivity contribution is 7.89. The van der Waals surface area contributed by atoms with Gasteiger partial charge in [-0.05, 0) is 50.3 Å². The van der Waals surface area contributed by atoms with Gasteiger partial charge >= 0.3 is 0 Å². The molecule has 2 saturated heterocycles. The molecule has 1 aromatic carbocycles. The van der Waals surface area contributed by atoms with Crippen molar-refractivity contribution in [3.05, 3.63) is 23.8 Å². The minimum absolute atomic E-state index is 0.0947. The van der Waals surface area contributed by atoms with Crippen LogP contribution in [0.15, 0.2) is 23.1 Å². The Morgan fingerprint density at radius 3 is 2.67 bits per heavy atom. The van der Waals surface area contributed by atoms with Crippen LogP contribution < -0.4 is 4.90 Å². The molecule has 2 fully saturated rings. The normalized spacial score (nSPS) is 25.3. The Morgan fingerprint density at radius 2 is 2.00 bits per heavy atom. The van der Waals surface area contributed by atoms with Gasteiger partial charge in [-0.1, -0.05) is 0 Å². The molecule has 6 nitrogen and oxygen atoms in total. The van der Waals surface area contributed by atoms with E-state index in [2.05, 4.69) is 5.92 Å². The van der Waals surface area contributed by atoms with E-state index in [1.807, 2.05) is 0 Å². The van der Waals surface area contributed by atoms with Crippen LogP contribution in [0.5, 0.6) is 0 Å². The number of fused-ring (bicyclic) bond motifs is 2. The van der Waals surface area contributed by atoms with Gasteiger partial charge in [0.15, 0.2) is 5.60 Å². The molecule has 3 aliphatic rings. The lowest BCUT2D eigenvalue weighted by Gasteiger charge is -2.23. The number of anilines is 1. The molecule has 3 aliphatic heterocycles. The molecule has 0 aromatic heterocycles. The van der Waals surface area contributed by atoms with Crippen LogP contribution in [0.4, 0.5) is 5.69 Å². The first-order valence-electron chi connectivity index (χ1n) is 9.55. The van der Waals surface area contributed by atoms with Crippen molar-refractivity contribution in [3.8, 4) is 12.3 Å². The quantitative estimate of drug-likeness (QED) is 0.573. The maximum absolute atomic E-state index is 13.2. The Bertz CT molecular complexity index is 891. The van der Waals surface area contributed by atoms with Crippen molar-refractivity contribution in [3.63, 3.8) is 0 Å². The van der Waals surface area contributed by atoms with Gasteiger partial charge in [0.1, 0.15) is 0 Å². The molecule has 0 bridgehead atoms. The van der Waals surface area contributed by atoms with Crippen molar-refractivity contribution in [2.24, 2.45) is 0 Å². The third-order valence-electron chi connectivity index (χ3n) is 5.71. The molecule has 0 N–H and O–H groups in total. The zero-order chi connectivity index (χ0) is 19.1. The molecular weight excluding hydrogens is 364 g/mol. The predicted molar refractivity (Wildman–Crippen MR) is 102 cm³/mol. The van der Waals surface area contributed by atoms with Crippen molar-refractivity contribution in [2.45, 2.75) is 49.0 Å². The van der Waals surface area contributed by atoms with E-state index in [0.717, 1.165) is 24.9 Å². The van der Waals surface area contributed by atoms with E-state index in [-0.39, 0.29) is 10.8 Å². The number of amides is 1. The molecule has 1 amide bonds. The van der Waals surface area contributed by atoms with Gasteiger partial charge in [0.25, 0.3) is 5.91 Å². The van der Waals surface area contributed by atoms with Gasteiger partial charge in [0.2, 0.25) is 10.0 Å². The summed E-state index contributed by atoms with van der Waals surface area (Å²) in [6.07, 6.45) is 9.77. The maximum atomic E-state index is 13.2. The van der Waals surface area contributed by atoms with Crippen molar-refractivity contribution >= 4 is 21.6 Å². The third-order valence-corrected chi connectivity index (χ3v) is 7.61. The van der Waals surface area contributed by atoms with Crippen molar-refractivity contribution < 1.29 is 17.9 Å². The topological polar surface area (TPSA) is 66.9 Å². The third kappa shape index (κ3) is 2.87. The molecule has 1 unspecified atom stereocenters. The Morgan fingerprint density at radius 1 is 1.22 bits per heavy atom. The second-order valence-corrected chi connectivity index (χ2v) is 9.27. The van der Waals surface area contributed by atoms with E-state index in [0.29, 0.717) is 51.1 Å². The van der Waals surface area contributed by atoms with E-state index in [1.54, 1.807) is 23.1 Å². The van der Waals surface area contributed by atoms with Crippen LogP contribution in [-0.4, -0.2) is 44.9 Å². The average Bonchev–Trinajstić information content (AvgIpc) is 3.40. The Kier molecular flexibility index (Phi) is 4.75. The van der Waals surface area contributed by atoms with Crippen molar-refractivity contribution in [2.75, 3.05) is 31.1 Å². The number of sulfonamides is 1. The van der Waals surface area contributed by atoms with E-state index < -0.39 is 15.6 Å². The highest BCUT2D eigenvalue weighted by Crippen LogP contribution is 2.49. The van der Waals surface area contributed by atoms with Crippen LogP contribution in [0.3, 0.4) is 0 Å². The molecule has 0 saturated carbocycles. The molecule has 27 heavy (non-hydrogen) atoms. The number of carbonyl (C=O) groups excluding carboxylic acids is 1. The highest BCUT2D eigenvalue weighted by atomic mass is 32.2. The number of ether oxygens (including phenoxy) is 1. The van der Waals surface area contributed by atoms with E-state index in [4.69, 9.17) is 11.2 Å². The Balaban J connectivity index is 1.75.